The summed E-state index contributed by atoms with van der Waals surface area (Å²) in [5.41, 5.74) is -0.192. The first-order chi connectivity index (χ1) is 7.12. The fourth-order valence-corrected chi connectivity index (χ4v) is 2.56. The molecule has 0 aromatic heterocycles. The van der Waals surface area contributed by atoms with E-state index in [0.717, 1.165) is 0 Å². The summed E-state index contributed by atoms with van der Waals surface area (Å²) in [6.45, 7) is 0. The number of thioether (sulfide) groups is 1. The number of halogens is 1. The van der Waals surface area contributed by atoms with Gasteiger partial charge in [0.05, 0.1) is 5.41 Å². The van der Waals surface area contributed by atoms with Crippen molar-refractivity contribution in [2.45, 2.75) is 23.2 Å². The maximum atomic E-state index is 13.5. The van der Waals surface area contributed by atoms with Gasteiger partial charge in [0, 0.05) is 4.90 Å². The van der Waals surface area contributed by atoms with E-state index in [4.69, 9.17) is 5.11 Å². The van der Waals surface area contributed by atoms with E-state index in [2.05, 4.69) is 0 Å². The Morgan fingerprint density at radius 1 is 1.53 bits per heavy atom. The molecule has 1 N–H and O–H groups in total. The predicted octanol–water partition coefficient (Wildman–Crippen LogP) is 2.66. The first-order valence-electron chi connectivity index (χ1n) is 4.68. The van der Waals surface area contributed by atoms with Crippen LogP contribution in [0.3, 0.4) is 0 Å². The highest BCUT2D eigenvalue weighted by Gasteiger charge is 2.53. The van der Waals surface area contributed by atoms with Gasteiger partial charge in [-0.05, 0) is 30.7 Å². The van der Waals surface area contributed by atoms with E-state index in [1.165, 1.54) is 17.8 Å². The van der Waals surface area contributed by atoms with E-state index in [-0.39, 0.29) is 5.82 Å². The van der Waals surface area contributed by atoms with E-state index >= 15 is 0 Å². The molecule has 2 nitrogen and oxygen atoms in total. The second kappa shape index (κ2) is 3.52. The number of benzene rings is 1. The molecule has 0 bridgehead atoms. The molecule has 4 heteroatoms. The minimum Gasteiger partial charge on any atom is -0.481 e. The number of carbonyl (C=O) groups is 1. The van der Waals surface area contributed by atoms with Gasteiger partial charge in [-0.15, -0.1) is 11.8 Å². The molecule has 1 aliphatic carbocycles. The van der Waals surface area contributed by atoms with Crippen molar-refractivity contribution < 1.29 is 14.3 Å². The molecule has 0 heterocycles. The number of aliphatic carboxylic acids is 1. The largest absolute Gasteiger partial charge is 0.481 e. The number of carboxylic acids is 1. The molecule has 0 amide bonds. The highest BCUT2D eigenvalue weighted by molar-refractivity contribution is 7.98. The Labute approximate surface area is 91.5 Å². The topological polar surface area (TPSA) is 37.3 Å². The summed E-state index contributed by atoms with van der Waals surface area (Å²) in [6.07, 6.45) is 2.98. The van der Waals surface area contributed by atoms with Gasteiger partial charge in [-0.2, -0.15) is 0 Å². The third-order valence-corrected chi connectivity index (χ3v) is 3.67. The molecule has 80 valence electrons. The van der Waals surface area contributed by atoms with Crippen LogP contribution >= 0.6 is 11.8 Å². The van der Waals surface area contributed by atoms with Gasteiger partial charge in [-0.25, -0.2) is 4.39 Å². The minimum absolute atomic E-state index is 0.326. The van der Waals surface area contributed by atoms with Crippen molar-refractivity contribution in [1.29, 1.82) is 0 Å². The van der Waals surface area contributed by atoms with Crippen molar-refractivity contribution in [2.75, 3.05) is 6.26 Å². The maximum absolute atomic E-state index is 13.5. The highest BCUT2D eigenvalue weighted by atomic mass is 32.2. The number of rotatable bonds is 3. The van der Waals surface area contributed by atoms with Crippen molar-refractivity contribution >= 4 is 17.7 Å². The molecule has 1 fully saturated rings. The summed E-state index contributed by atoms with van der Waals surface area (Å²) in [4.78, 5) is 11.6. The number of hydrogen-bond donors (Lipinski definition) is 1. The zero-order valence-corrected chi connectivity index (χ0v) is 9.10. The second-order valence-corrected chi connectivity index (χ2v) is 4.52. The molecule has 1 aromatic carbocycles. The molecule has 1 aromatic rings. The summed E-state index contributed by atoms with van der Waals surface area (Å²) in [5.74, 6) is -1.17. The van der Waals surface area contributed by atoms with Gasteiger partial charge < -0.3 is 5.11 Å². The summed E-state index contributed by atoms with van der Waals surface area (Å²) in [6, 6.07) is 4.66. The van der Waals surface area contributed by atoms with Gasteiger partial charge in [-0.3, -0.25) is 4.79 Å². The summed E-state index contributed by atoms with van der Waals surface area (Å²) in [5, 5.41) is 9.14. The van der Waals surface area contributed by atoms with Crippen LogP contribution in [0.5, 0.6) is 0 Å². The summed E-state index contributed by atoms with van der Waals surface area (Å²) < 4.78 is 13.5. The Hall–Kier alpha value is -1.03. The monoisotopic (exact) mass is 226 g/mol. The van der Waals surface area contributed by atoms with Crippen molar-refractivity contribution in [3.8, 4) is 0 Å². The Morgan fingerprint density at radius 2 is 2.20 bits per heavy atom. The van der Waals surface area contributed by atoms with Crippen molar-refractivity contribution in [3.63, 3.8) is 0 Å². The van der Waals surface area contributed by atoms with E-state index in [1.807, 2.05) is 0 Å². The maximum Gasteiger partial charge on any atom is 0.314 e. The lowest BCUT2D eigenvalue weighted by molar-refractivity contribution is -0.140. The molecule has 0 unspecified atom stereocenters. The Morgan fingerprint density at radius 3 is 2.67 bits per heavy atom. The predicted molar refractivity (Wildman–Crippen MR) is 56.7 cm³/mol. The standard InChI is InChI=1S/C11H11FO2S/c1-15-9-7(3-2-4-8(9)12)11(5-6-11)10(13)14/h2-4H,5-6H2,1H3,(H,13,14). The smallest absolute Gasteiger partial charge is 0.314 e. The molecule has 2 rings (SSSR count). The first kappa shape index (κ1) is 10.5. The third kappa shape index (κ3) is 1.53. The van der Waals surface area contributed by atoms with Crippen LogP contribution < -0.4 is 0 Å². The lowest BCUT2D eigenvalue weighted by Gasteiger charge is -2.14. The fraction of sp³-hybridized carbons (Fsp3) is 0.364. The van der Waals surface area contributed by atoms with E-state index in [1.54, 1.807) is 18.4 Å². The molecule has 0 aliphatic heterocycles. The van der Waals surface area contributed by atoms with Crippen LogP contribution in [0.25, 0.3) is 0 Å². The van der Waals surface area contributed by atoms with Crippen LogP contribution in [0.15, 0.2) is 23.1 Å². The molecule has 0 radical (unpaired) electrons. The van der Waals surface area contributed by atoms with Gasteiger partial charge in [0.2, 0.25) is 0 Å². The molecular formula is C11H11FO2S. The van der Waals surface area contributed by atoms with Crippen LogP contribution in [0.1, 0.15) is 18.4 Å². The first-order valence-corrected chi connectivity index (χ1v) is 5.90. The Balaban J connectivity index is 2.53. The van der Waals surface area contributed by atoms with Crippen LogP contribution in [-0.2, 0) is 10.2 Å². The van der Waals surface area contributed by atoms with Crippen molar-refractivity contribution in [3.05, 3.63) is 29.6 Å². The Bertz CT molecular complexity index is 413. The average Bonchev–Trinajstić information content (AvgIpc) is 2.98. The summed E-state index contributed by atoms with van der Waals surface area (Å²) >= 11 is 1.27. The minimum atomic E-state index is -0.844. The lowest BCUT2D eigenvalue weighted by Crippen LogP contribution is -2.20. The number of hydrogen-bond acceptors (Lipinski definition) is 2. The molecule has 15 heavy (non-hydrogen) atoms. The zero-order chi connectivity index (χ0) is 11.1. The van der Waals surface area contributed by atoms with Gasteiger partial charge in [-0.1, -0.05) is 12.1 Å². The molecule has 1 aliphatic rings. The fourth-order valence-electron chi connectivity index (χ4n) is 1.82. The van der Waals surface area contributed by atoms with Gasteiger partial charge >= 0.3 is 5.97 Å². The second-order valence-electron chi connectivity index (χ2n) is 3.71. The van der Waals surface area contributed by atoms with Gasteiger partial charge in [0.15, 0.2) is 0 Å². The molecular weight excluding hydrogens is 215 g/mol. The summed E-state index contributed by atoms with van der Waals surface area (Å²) in [7, 11) is 0. The third-order valence-electron chi connectivity index (χ3n) is 2.85. The average molecular weight is 226 g/mol. The molecule has 0 saturated heterocycles. The molecule has 0 atom stereocenters. The van der Waals surface area contributed by atoms with Crippen LogP contribution in [0, 0.1) is 5.82 Å². The van der Waals surface area contributed by atoms with Crippen molar-refractivity contribution in [2.24, 2.45) is 0 Å². The molecule has 0 spiro atoms. The zero-order valence-electron chi connectivity index (χ0n) is 8.29. The van der Waals surface area contributed by atoms with E-state index < -0.39 is 11.4 Å². The van der Waals surface area contributed by atoms with Crippen LogP contribution in [0.4, 0.5) is 4.39 Å². The van der Waals surface area contributed by atoms with Crippen LogP contribution in [0.2, 0.25) is 0 Å². The lowest BCUT2D eigenvalue weighted by atomic mass is 9.96. The SMILES string of the molecule is CSc1c(F)cccc1C1(C(=O)O)CC1. The van der Waals surface area contributed by atoms with Gasteiger partial charge in [0.25, 0.3) is 0 Å². The molecule has 1 saturated carbocycles. The van der Waals surface area contributed by atoms with Gasteiger partial charge in [0.1, 0.15) is 5.82 Å². The number of carboxylic acid groups (broad SMARTS) is 1. The Kier molecular flexibility index (Phi) is 2.46. The normalized spacial score (nSPS) is 17.5. The van der Waals surface area contributed by atoms with Crippen LogP contribution in [-0.4, -0.2) is 17.3 Å². The van der Waals surface area contributed by atoms with E-state index in [0.29, 0.717) is 23.3 Å². The van der Waals surface area contributed by atoms with E-state index in [9.17, 15) is 9.18 Å². The highest BCUT2D eigenvalue weighted by Crippen LogP contribution is 2.51. The van der Waals surface area contributed by atoms with Crippen molar-refractivity contribution in [1.82, 2.24) is 0 Å². The quantitative estimate of drug-likeness (QED) is 0.805.